The van der Waals surface area contributed by atoms with Crippen LogP contribution in [0.4, 0.5) is 4.79 Å². The summed E-state index contributed by atoms with van der Waals surface area (Å²) in [4.78, 5) is 55.9. The van der Waals surface area contributed by atoms with Gasteiger partial charge in [0.05, 0.1) is 0 Å². The minimum Gasteiger partial charge on any atom is -0.458 e. The van der Waals surface area contributed by atoms with Crippen molar-refractivity contribution in [3.05, 3.63) is 71.3 Å². The molecule has 0 radical (unpaired) electrons. The Balaban J connectivity index is 2.57. The molecule has 0 saturated carbocycles. The van der Waals surface area contributed by atoms with E-state index < -0.39 is 53.2 Å². The number of terminal acetylenes is 1. The van der Waals surface area contributed by atoms with Crippen LogP contribution in [-0.4, -0.2) is 64.4 Å². The van der Waals surface area contributed by atoms with E-state index in [2.05, 4.69) is 29.2 Å². The summed E-state index contributed by atoms with van der Waals surface area (Å²) in [7, 11) is 0. The topological polar surface area (TPSA) is 114 Å². The highest BCUT2D eigenvalue weighted by Gasteiger charge is 2.38. The van der Waals surface area contributed by atoms with Gasteiger partial charge in [0.2, 0.25) is 11.8 Å². The number of carbonyl (C=O) groups is 4. The molecule has 45 heavy (non-hydrogen) atoms. The van der Waals surface area contributed by atoms with Crippen molar-refractivity contribution in [2.45, 2.75) is 97.1 Å². The van der Waals surface area contributed by atoms with Gasteiger partial charge in [0.1, 0.15) is 29.3 Å². The number of ether oxygens (including phenoxy) is 2. The van der Waals surface area contributed by atoms with Gasteiger partial charge in [0.15, 0.2) is 0 Å². The average Bonchev–Trinajstić information content (AvgIpc) is 2.96. The number of rotatable bonds is 13. The molecule has 0 aromatic heterocycles. The summed E-state index contributed by atoms with van der Waals surface area (Å²) in [6.07, 6.45) is 6.27. The van der Waals surface area contributed by atoms with Crippen molar-refractivity contribution in [2.24, 2.45) is 0 Å². The fourth-order valence-electron chi connectivity index (χ4n) is 4.43. The van der Waals surface area contributed by atoms with Crippen LogP contribution in [0.1, 0.15) is 84.0 Å². The van der Waals surface area contributed by atoms with Crippen LogP contribution >= 0.6 is 12.6 Å². The number of unbranched alkanes of at least 4 members (excludes halogenated alkanes) is 1. The summed E-state index contributed by atoms with van der Waals surface area (Å²) in [5.41, 5.74) is 0.317. The first kappa shape index (κ1) is 37.2. The van der Waals surface area contributed by atoms with Gasteiger partial charge in [0, 0.05) is 24.3 Å². The smallest absolute Gasteiger partial charge is 0.408 e. The molecule has 3 unspecified atom stereocenters. The first-order valence-corrected chi connectivity index (χ1v) is 15.8. The summed E-state index contributed by atoms with van der Waals surface area (Å²) in [5.74, 6) is 0.798. The summed E-state index contributed by atoms with van der Waals surface area (Å²) in [6.45, 7) is 12.6. The van der Waals surface area contributed by atoms with Crippen LogP contribution in [0.3, 0.4) is 0 Å². The van der Waals surface area contributed by atoms with Crippen LogP contribution in [0.2, 0.25) is 0 Å². The zero-order chi connectivity index (χ0) is 33.8. The fraction of sp³-hybridized carbons (Fsp3) is 0.486. The first-order valence-electron chi connectivity index (χ1n) is 15.1. The van der Waals surface area contributed by atoms with E-state index >= 15 is 0 Å². The number of carbonyl (C=O) groups excluding carboxylic acids is 4. The van der Waals surface area contributed by atoms with Gasteiger partial charge in [-0.2, -0.15) is 12.6 Å². The summed E-state index contributed by atoms with van der Waals surface area (Å²) in [5, 5.41) is 5.48. The normalized spacial score (nSPS) is 13.4. The van der Waals surface area contributed by atoms with Gasteiger partial charge in [-0.25, -0.2) is 9.59 Å². The minimum atomic E-state index is -1.17. The first-order chi connectivity index (χ1) is 21.1. The predicted octanol–water partition coefficient (Wildman–Crippen LogP) is 5.23. The Hall–Kier alpha value is -3.97. The third-order valence-corrected chi connectivity index (χ3v) is 6.82. The molecule has 10 heteroatoms. The average molecular weight is 638 g/mol. The van der Waals surface area contributed by atoms with Gasteiger partial charge in [0.25, 0.3) is 0 Å². The van der Waals surface area contributed by atoms with Gasteiger partial charge >= 0.3 is 12.1 Å². The molecule has 3 amide bonds. The Morgan fingerprint density at radius 2 is 1.49 bits per heavy atom. The van der Waals surface area contributed by atoms with Gasteiger partial charge in [-0.05, 0) is 71.2 Å². The molecule has 0 aliphatic rings. The molecule has 244 valence electrons. The van der Waals surface area contributed by atoms with Crippen LogP contribution in [-0.2, 0) is 30.3 Å². The number of hydrogen-bond donors (Lipinski definition) is 3. The second kappa shape index (κ2) is 16.9. The molecule has 0 fully saturated rings. The van der Waals surface area contributed by atoms with E-state index in [0.717, 1.165) is 12.0 Å². The predicted molar refractivity (Wildman–Crippen MR) is 179 cm³/mol. The zero-order valence-corrected chi connectivity index (χ0v) is 28.3. The second-order valence-corrected chi connectivity index (χ2v) is 13.1. The molecule has 2 rings (SSSR count). The Bertz CT molecular complexity index is 1330. The third kappa shape index (κ3) is 12.5. The Morgan fingerprint density at radius 1 is 0.889 bits per heavy atom. The maximum Gasteiger partial charge on any atom is 0.408 e. The Kier molecular flexibility index (Phi) is 14.0. The van der Waals surface area contributed by atoms with Gasteiger partial charge in [-0.15, -0.1) is 6.42 Å². The van der Waals surface area contributed by atoms with Crippen molar-refractivity contribution in [3.63, 3.8) is 0 Å². The highest BCUT2D eigenvalue weighted by Crippen LogP contribution is 2.25. The standard InChI is InChI=1S/C35H47N3O6S/c1-9-11-21-38(31(40)28(23-45)37-33(42)44-35(6,7)8)29(26-19-17-24(10-2)18-20-26)30(39)36-27(32(41)43-34(3,4)5)22-25-15-13-12-14-16-25/h2,12-20,27-29,45H,9,11,21-23H2,1,3-8H3,(H,36,39)(H,37,42). The van der Waals surface area contributed by atoms with E-state index in [9.17, 15) is 19.2 Å². The van der Waals surface area contributed by atoms with Crippen LogP contribution in [0.5, 0.6) is 0 Å². The largest absolute Gasteiger partial charge is 0.458 e. The molecule has 2 N–H and O–H groups in total. The van der Waals surface area contributed by atoms with Gasteiger partial charge in [-0.1, -0.05) is 61.7 Å². The molecule has 0 saturated heterocycles. The number of amides is 3. The van der Waals surface area contributed by atoms with E-state index in [1.165, 1.54) is 4.90 Å². The molecule has 2 aromatic rings. The molecule has 0 heterocycles. The van der Waals surface area contributed by atoms with Crippen LogP contribution in [0.25, 0.3) is 0 Å². The molecular formula is C35H47N3O6S. The van der Waals surface area contributed by atoms with Gasteiger partial charge in [-0.3, -0.25) is 9.59 Å². The number of hydrogen-bond acceptors (Lipinski definition) is 7. The van der Waals surface area contributed by atoms with Crippen molar-refractivity contribution < 1.29 is 28.7 Å². The molecule has 0 aliphatic heterocycles. The summed E-state index contributed by atoms with van der Waals surface area (Å²) < 4.78 is 11.0. The lowest BCUT2D eigenvalue weighted by Crippen LogP contribution is -2.55. The molecular weight excluding hydrogens is 590 g/mol. The van der Waals surface area contributed by atoms with Crippen LogP contribution in [0, 0.1) is 12.3 Å². The lowest BCUT2D eigenvalue weighted by molar-refractivity contribution is -0.159. The molecule has 3 atom stereocenters. The minimum absolute atomic E-state index is 0.0421. The molecule has 0 spiro atoms. The Morgan fingerprint density at radius 3 is 2.00 bits per heavy atom. The van der Waals surface area contributed by atoms with Crippen LogP contribution < -0.4 is 10.6 Å². The molecule has 0 bridgehead atoms. The number of thiol groups is 1. The van der Waals surface area contributed by atoms with E-state index in [1.807, 2.05) is 37.3 Å². The van der Waals surface area contributed by atoms with Gasteiger partial charge < -0.3 is 25.0 Å². The SMILES string of the molecule is C#Cc1ccc(C(C(=O)NC(Cc2ccccc2)C(=O)OC(C)(C)C)N(CCCC)C(=O)C(CS)NC(=O)OC(C)(C)C)cc1. The van der Waals surface area contributed by atoms with Crippen molar-refractivity contribution in [1.82, 2.24) is 15.5 Å². The maximum atomic E-state index is 14.3. The van der Waals surface area contributed by atoms with Crippen molar-refractivity contribution in [3.8, 4) is 12.3 Å². The monoisotopic (exact) mass is 637 g/mol. The summed E-state index contributed by atoms with van der Waals surface area (Å²) in [6, 6.07) is 12.7. The second-order valence-electron chi connectivity index (χ2n) is 12.7. The molecule has 2 aromatic carbocycles. The lowest BCUT2D eigenvalue weighted by Gasteiger charge is -2.35. The quantitative estimate of drug-likeness (QED) is 0.158. The summed E-state index contributed by atoms with van der Waals surface area (Å²) >= 11 is 4.34. The van der Waals surface area contributed by atoms with E-state index in [1.54, 1.807) is 65.8 Å². The van der Waals surface area contributed by atoms with Crippen LogP contribution in [0.15, 0.2) is 54.6 Å². The molecule has 9 nitrogen and oxygen atoms in total. The molecule has 0 aliphatic carbocycles. The number of esters is 1. The van der Waals surface area contributed by atoms with E-state index in [0.29, 0.717) is 17.5 Å². The van der Waals surface area contributed by atoms with E-state index in [4.69, 9.17) is 15.9 Å². The van der Waals surface area contributed by atoms with Crippen molar-refractivity contribution in [2.75, 3.05) is 12.3 Å². The van der Waals surface area contributed by atoms with Crippen molar-refractivity contribution >= 4 is 36.5 Å². The lowest BCUT2D eigenvalue weighted by atomic mass is 9.99. The van der Waals surface area contributed by atoms with Crippen molar-refractivity contribution in [1.29, 1.82) is 0 Å². The van der Waals surface area contributed by atoms with E-state index in [-0.39, 0.29) is 18.7 Å². The zero-order valence-electron chi connectivity index (χ0n) is 27.4. The number of nitrogens with zero attached hydrogens (tertiary/aromatic N) is 1. The number of nitrogens with one attached hydrogen (secondary N) is 2. The number of benzene rings is 2. The maximum absolute atomic E-state index is 14.3. The Labute approximate surface area is 273 Å². The third-order valence-electron chi connectivity index (χ3n) is 6.45. The number of alkyl carbamates (subject to hydrolysis) is 1. The highest BCUT2D eigenvalue weighted by atomic mass is 32.1. The fourth-order valence-corrected chi connectivity index (χ4v) is 4.68. The highest BCUT2D eigenvalue weighted by molar-refractivity contribution is 7.80.